The molecule has 0 unspecified atom stereocenters. The summed E-state index contributed by atoms with van der Waals surface area (Å²) in [4.78, 5) is 29.0. The second kappa shape index (κ2) is 8.28. The van der Waals surface area contributed by atoms with Gasteiger partial charge in [-0.05, 0) is 59.2 Å². The molecular formula is C26H26N2O3S. The Balaban J connectivity index is 1.78. The standard InChI is InChI=1S/C26H26N2O3S/c1-16-8-13-20(31-5)19(15-16)27-23-22(21-7-6-14-32-21)24(29)28(25(23)30)18-11-9-17(10-12-18)26(2,3)4/h6-15,27H,1-5H3. The molecule has 3 aromatic rings. The lowest BCUT2D eigenvalue weighted by atomic mass is 9.87. The Hall–Kier alpha value is -3.38. The molecule has 6 heteroatoms. The number of anilines is 2. The second-order valence-corrected chi connectivity index (χ2v) is 9.75. The van der Waals surface area contributed by atoms with E-state index in [1.54, 1.807) is 7.11 Å². The third kappa shape index (κ3) is 3.94. The van der Waals surface area contributed by atoms with Gasteiger partial charge in [-0.15, -0.1) is 11.3 Å². The summed E-state index contributed by atoms with van der Waals surface area (Å²) < 4.78 is 5.46. The van der Waals surface area contributed by atoms with Gasteiger partial charge in [0, 0.05) is 4.88 Å². The smallest absolute Gasteiger partial charge is 0.282 e. The van der Waals surface area contributed by atoms with Gasteiger partial charge in [-0.3, -0.25) is 9.59 Å². The van der Waals surface area contributed by atoms with Crippen LogP contribution in [0.2, 0.25) is 0 Å². The first-order valence-electron chi connectivity index (χ1n) is 10.4. The van der Waals surface area contributed by atoms with Gasteiger partial charge in [-0.1, -0.05) is 45.0 Å². The number of rotatable bonds is 5. The molecule has 0 bridgehead atoms. The predicted molar refractivity (Wildman–Crippen MR) is 130 cm³/mol. The third-order valence-electron chi connectivity index (χ3n) is 5.46. The monoisotopic (exact) mass is 446 g/mol. The van der Waals surface area contributed by atoms with Crippen LogP contribution in [-0.2, 0) is 15.0 Å². The van der Waals surface area contributed by atoms with Gasteiger partial charge in [0.2, 0.25) is 0 Å². The van der Waals surface area contributed by atoms with Crippen molar-refractivity contribution in [2.75, 3.05) is 17.3 Å². The van der Waals surface area contributed by atoms with E-state index in [1.165, 1.54) is 16.2 Å². The summed E-state index contributed by atoms with van der Waals surface area (Å²) in [6, 6.07) is 17.0. The molecule has 0 saturated carbocycles. The van der Waals surface area contributed by atoms with Crippen LogP contribution in [0.15, 0.2) is 65.7 Å². The van der Waals surface area contributed by atoms with E-state index in [0.717, 1.165) is 16.0 Å². The topological polar surface area (TPSA) is 58.6 Å². The first-order chi connectivity index (χ1) is 15.2. The van der Waals surface area contributed by atoms with Crippen molar-refractivity contribution >= 4 is 40.1 Å². The van der Waals surface area contributed by atoms with Crippen LogP contribution in [0.25, 0.3) is 5.57 Å². The van der Waals surface area contributed by atoms with Crippen molar-refractivity contribution in [3.63, 3.8) is 0 Å². The van der Waals surface area contributed by atoms with Gasteiger partial charge in [0.15, 0.2) is 0 Å². The summed E-state index contributed by atoms with van der Waals surface area (Å²) >= 11 is 1.43. The maximum absolute atomic E-state index is 13.5. The van der Waals surface area contributed by atoms with Crippen LogP contribution >= 0.6 is 11.3 Å². The van der Waals surface area contributed by atoms with E-state index in [1.807, 2.05) is 66.9 Å². The molecule has 0 spiro atoms. The molecule has 5 nitrogen and oxygen atoms in total. The van der Waals surface area contributed by atoms with Crippen molar-refractivity contribution in [3.8, 4) is 5.75 Å². The Labute approximate surface area is 192 Å². The van der Waals surface area contributed by atoms with Gasteiger partial charge < -0.3 is 10.1 Å². The van der Waals surface area contributed by atoms with Crippen molar-refractivity contribution < 1.29 is 14.3 Å². The number of carbonyl (C=O) groups excluding carboxylic acids is 2. The SMILES string of the molecule is COc1ccc(C)cc1NC1=C(c2cccs2)C(=O)N(c2ccc(C(C)(C)C)cc2)C1=O. The van der Waals surface area contributed by atoms with Crippen molar-refractivity contribution in [1.29, 1.82) is 0 Å². The quantitative estimate of drug-likeness (QED) is 0.506. The van der Waals surface area contributed by atoms with Gasteiger partial charge in [0.1, 0.15) is 11.4 Å². The van der Waals surface area contributed by atoms with E-state index in [2.05, 4.69) is 26.1 Å². The molecule has 2 amide bonds. The van der Waals surface area contributed by atoms with Gasteiger partial charge >= 0.3 is 0 Å². The fourth-order valence-electron chi connectivity index (χ4n) is 3.69. The highest BCUT2D eigenvalue weighted by molar-refractivity contribution is 7.11. The number of hydrogen-bond donors (Lipinski definition) is 1. The summed E-state index contributed by atoms with van der Waals surface area (Å²) in [5, 5.41) is 5.10. The lowest BCUT2D eigenvalue weighted by Gasteiger charge is -2.21. The fraction of sp³-hybridized carbons (Fsp3) is 0.231. The summed E-state index contributed by atoms with van der Waals surface area (Å²) in [7, 11) is 1.58. The number of aryl methyl sites for hydroxylation is 1. The molecule has 1 N–H and O–H groups in total. The Bertz CT molecular complexity index is 1200. The molecule has 1 aliphatic heterocycles. The molecule has 164 valence electrons. The van der Waals surface area contributed by atoms with Crippen molar-refractivity contribution in [1.82, 2.24) is 0 Å². The zero-order valence-electron chi connectivity index (χ0n) is 18.9. The number of methoxy groups -OCH3 is 1. The molecule has 0 fully saturated rings. The van der Waals surface area contributed by atoms with Gasteiger partial charge in [0.25, 0.3) is 11.8 Å². The van der Waals surface area contributed by atoms with Crippen molar-refractivity contribution in [3.05, 3.63) is 81.7 Å². The van der Waals surface area contributed by atoms with Crippen LogP contribution in [0.1, 0.15) is 36.8 Å². The first-order valence-corrected chi connectivity index (χ1v) is 11.3. The Kier molecular flexibility index (Phi) is 5.65. The number of nitrogens with one attached hydrogen (secondary N) is 1. The van der Waals surface area contributed by atoms with E-state index in [4.69, 9.17) is 4.74 Å². The van der Waals surface area contributed by atoms with Crippen LogP contribution in [-0.4, -0.2) is 18.9 Å². The zero-order valence-corrected chi connectivity index (χ0v) is 19.7. The van der Waals surface area contributed by atoms with Crippen molar-refractivity contribution in [2.24, 2.45) is 0 Å². The zero-order chi connectivity index (χ0) is 23.0. The Morgan fingerprint density at radius 2 is 1.69 bits per heavy atom. The largest absolute Gasteiger partial charge is 0.495 e. The van der Waals surface area contributed by atoms with Gasteiger partial charge in [0.05, 0.1) is 24.1 Å². The lowest BCUT2D eigenvalue weighted by molar-refractivity contribution is -0.120. The van der Waals surface area contributed by atoms with Crippen LogP contribution < -0.4 is 15.0 Å². The number of hydrogen-bond acceptors (Lipinski definition) is 5. The van der Waals surface area contributed by atoms with E-state index >= 15 is 0 Å². The highest BCUT2D eigenvalue weighted by atomic mass is 32.1. The number of imide groups is 1. The van der Waals surface area contributed by atoms with Gasteiger partial charge in [-0.25, -0.2) is 4.90 Å². The summed E-state index contributed by atoms with van der Waals surface area (Å²) in [5.41, 5.74) is 3.94. The summed E-state index contributed by atoms with van der Waals surface area (Å²) in [5.74, 6) is -0.123. The minimum Gasteiger partial charge on any atom is -0.495 e. The molecular weight excluding hydrogens is 420 g/mol. The highest BCUT2D eigenvalue weighted by Crippen LogP contribution is 2.37. The maximum Gasteiger partial charge on any atom is 0.282 e. The number of ether oxygens (including phenoxy) is 1. The predicted octanol–water partition coefficient (Wildman–Crippen LogP) is 5.76. The van der Waals surface area contributed by atoms with E-state index in [-0.39, 0.29) is 22.9 Å². The van der Waals surface area contributed by atoms with Crippen LogP contribution in [0.5, 0.6) is 5.75 Å². The molecule has 1 aliphatic rings. The molecule has 4 rings (SSSR count). The number of benzene rings is 2. The molecule has 1 aromatic heterocycles. The number of amides is 2. The number of carbonyl (C=O) groups is 2. The fourth-order valence-corrected chi connectivity index (χ4v) is 4.46. The van der Waals surface area contributed by atoms with Crippen LogP contribution in [0.4, 0.5) is 11.4 Å². The van der Waals surface area contributed by atoms with Crippen LogP contribution in [0, 0.1) is 6.92 Å². The summed E-state index contributed by atoms with van der Waals surface area (Å²) in [6.07, 6.45) is 0. The van der Waals surface area contributed by atoms with Crippen LogP contribution in [0.3, 0.4) is 0 Å². The van der Waals surface area contributed by atoms with E-state index < -0.39 is 0 Å². The third-order valence-corrected chi connectivity index (χ3v) is 6.35. The second-order valence-electron chi connectivity index (χ2n) is 8.80. The average molecular weight is 447 g/mol. The molecule has 0 radical (unpaired) electrons. The lowest BCUT2D eigenvalue weighted by Crippen LogP contribution is -2.32. The molecule has 0 atom stereocenters. The van der Waals surface area contributed by atoms with Crippen molar-refractivity contribution in [2.45, 2.75) is 33.1 Å². The number of nitrogens with zero attached hydrogens (tertiary/aromatic N) is 1. The molecule has 2 heterocycles. The minimum atomic E-state index is -0.384. The van der Waals surface area contributed by atoms with Gasteiger partial charge in [-0.2, -0.15) is 0 Å². The number of thiophene rings is 1. The molecule has 0 saturated heterocycles. The normalized spacial score (nSPS) is 14.3. The van der Waals surface area contributed by atoms with E-state index in [9.17, 15) is 9.59 Å². The van der Waals surface area contributed by atoms with E-state index in [0.29, 0.717) is 22.7 Å². The molecule has 2 aromatic carbocycles. The first kappa shape index (κ1) is 21.8. The molecule has 32 heavy (non-hydrogen) atoms. The highest BCUT2D eigenvalue weighted by Gasteiger charge is 2.41. The minimum absolute atomic E-state index is 0.0215. The Morgan fingerprint density at radius 3 is 2.28 bits per heavy atom. The maximum atomic E-state index is 13.5. The Morgan fingerprint density at radius 1 is 0.969 bits per heavy atom. The average Bonchev–Trinajstić information content (AvgIpc) is 3.35. The molecule has 0 aliphatic carbocycles. The summed E-state index contributed by atoms with van der Waals surface area (Å²) in [6.45, 7) is 8.34.